The Balaban J connectivity index is 1.34. The summed E-state index contributed by atoms with van der Waals surface area (Å²) >= 11 is 0. The number of hydrogen-bond acceptors (Lipinski definition) is 8. The Kier molecular flexibility index (Phi) is 6.76. The smallest absolute Gasteiger partial charge is 0.273 e. The maximum Gasteiger partial charge on any atom is 0.273 e. The standard InChI is InChI=1S/C26H27N7O3/c1-3-14-35-25-21-15-20(8-9-22(21)30-26(31-25)33-12-10-32(2)11-13-33)36-19-6-4-18(5-7-19)29-24(34)23-16-27-17-28-23/h3-9,15-17H,1,10-14H2,2H3,(H,27,28)(H,29,34). The molecule has 2 N–H and O–H groups in total. The Hall–Kier alpha value is -4.44. The number of amides is 1. The number of nitrogens with zero attached hydrogens (tertiary/aromatic N) is 5. The number of benzene rings is 2. The Bertz CT molecular complexity index is 1350. The summed E-state index contributed by atoms with van der Waals surface area (Å²) < 4.78 is 12.0. The molecule has 1 amide bonds. The molecule has 3 heterocycles. The van der Waals surface area contributed by atoms with Crippen molar-refractivity contribution in [3.63, 3.8) is 0 Å². The minimum absolute atomic E-state index is 0.265. The first kappa shape index (κ1) is 23.3. The van der Waals surface area contributed by atoms with Gasteiger partial charge in [0.2, 0.25) is 11.8 Å². The van der Waals surface area contributed by atoms with Crippen LogP contribution in [0.5, 0.6) is 17.4 Å². The molecule has 0 saturated carbocycles. The van der Waals surface area contributed by atoms with Gasteiger partial charge in [-0.05, 0) is 49.5 Å². The van der Waals surface area contributed by atoms with Gasteiger partial charge in [-0.25, -0.2) is 9.97 Å². The number of piperazine rings is 1. The van der Waals surface area contributed by atoms with E-state index in [2.05, 4.69) is 38.7 Å². The van der Waals surface area contributed by atoms with Crippen molar-refractivity contribution in [3.05, 3.63) is 73.3 Å². The average molecular weight is 486 g/mol. The van der Waals surface area contributed by atoms with Gasteiger partial charge in [0.15, 0.2) is 0 Å². The van der Waals surface area contributed by atoms with Crippen LogP contribution in [0.15, 0.2) is 67.6 Å². The molecule has 0 aliphatic carbocycles. The molecule has 0 atom stereocenters. The van der Waals surface area contributed by atoms with Crippen LogP contribution >= 0.6 is 0 Å². The summed E-state index contributed by atoms with van der Waals surface area (Å²) in [6.07, 6.45) is 4.62. The number of ether oxygens (including phenoxy) is 2. The minimum Gasteiger partial charge on any atom is -0.473 e. The lowest BCUT2D eigenvalue weighted by molar-refractivity contribution is 0.102. The third kappa shape index (κ3) is 5.28. The fourth-order valence-corrected chi connectivity index (χ4v) is 3.85. The van der Waals surface area contributed by atoms with E-state index in [1.807, 2.05) is 18.2 Å². The van der Waals surface area contributed by atoms with Crippen LogP contribution < -0.4 is 19.7 Å². The number of aromatic nitrogens is 4. The van der Waals surface area contributed by atoms with Crippen LogP contribution in [0.2, 0.25) is 0 Å². The van der Waals surface area contributed by atoms with E-state index in [4.69, 9.17) is 19.4 Å². The topological polar surface area (TPSA) is 108 Å². The zero-order valence-corrected chi connectivity index (χ0v) is 20.0. The minimum atomic E-state index is -0.265. The van der Waals surface area contributed by atoms with Crippen LogP contribution in [-0.2, 0) is 0 Å². The highest BCUT2D eigenvalue weighted by Gasteiger charge is 2.19. The molecule has 1 fully saturated rings. The third-order valence-electron chi connectivity index (χ3n) is 5.84. The normalized spacial score (nSPS) is 14.0. The number of likely N-dealkylation sites (N-methyl/N-ethyl adjacent to an activating group) is 1. The first-order chi connectivity index (χ1) is 17.6. The number of imidazole rings is 1. The summed E-state index contributed by atoms with van der Waals surface area (Å²) in [6.45, 7) is 7.74. The number of aromatic amines is 1. The van der Waals surface area contributed by atoms with Gasteiger partial charge in [0.1, 0.15) is 23.8 Å². The molecular formula is C26H27N7O3. The van der Waals surface area contributed by atoms with Crippen molar-refractivity contribution in [1.29, 1.82) is 0 Å². The quantitative estimate of drug-likeness (QED) is 0.364. The molecule has 184 valence electrons. The summed E-state index contributed by atoms with van der Waals surface area (Å²) in [6, 6.07) is 12.8. The van der Waals surface area contributed by atoms with Gasteiger partial charge in [0.25, 0.3) is 5.91 Å². The number of anilines is 2. The van der Waals surface area contributed by atoms with Crippen molar-refractivity contribution in [2.24, 2.45) is 0 Å². The van der Waals surface area contributed by atoms with Gasteiger partial charge in [-0.3, -0.25) is 4.79 Å². The lowest BCUT2D eigenvalue weighted by Gasteiger charge is -2.32. The van der Waals surface area contributed by atoms with E-state index in [0.717, 1.165) is 37.1 Å². The van der Waals surface area contributed by atoms with Crippen molar-refractivity contribution < 1.29 is 14.3 Å². The average Bonchev–Trinajstić information content (AvgIpc) is 3.44. The van der Waals surface area contributed by atoms with Gasteiger partial charge in [-0.1, -0.05) is 12.7 Å². The number of nitrogens with one attached hydrogen (secondary N) is 2. The highest BCUT2D eigenvalue weighted by Crippen LogP contribution is 2.32. The summed E-state index contributed by atoms with van der Waals surface area (Å²) in [7, 11) is 2.11. The molecule has 0 radical (unpaired) electrons. The number of H-pyrrole nitrogens is 1. The SMILES string of the molecule is C=CCOc1nc(N2CCN(C)CC2)nc2ccc(Oc3ccc(NC(=O)c4cnc[nH]4)cc3)cc12. The van der Waals surface area contributed by atoms with Crippen molar-refractivity contribution >= 4 is 28.4 Å². The second-order valence-electron chi connectivity index (χ2n) is 8.44. The summed E-state index contributed by atoms with van der Waals surface area (Å²) in [5.41, 5.74) is 1.81. The fourth-order valence-electron chi connectivity index (χ4n) is 3.85. The number of rotatable bonds is 8. The van der Waals surface area contributed by atoms with Crippen molar-refractivity contribution in [2.75, 3.05) is 50.1 Å². The summed E-state index contributed by atoms with van der Waals surface area (Å²) in [5.74, 6) is 2.14. The molecule has 0 spiro atoms. The lowest BCUT2D eigenvalue weighted by atomic mass is 10.2. The van der Waals surface area contributed by atoms with E-state index < -0.39 is 0 Å². The van der Waals surface area contributed by atoms with Crippen LogP contribution in [0.3, 0.4) is 0 Å². The molecule has 1 aliphatic rings. The van der Waals surface area contributed by atoms with E-state index in [9.17, 15) is 4.79 Å². The van der Waals surface area contributed by atoms with E-state index in [1.54, 1.807) is 30.3 Å². The Morgan fingerprint density at radius 1 is 1.11 bits per heavy atom. The zero-order valence-electron chi connectivity index (χ0n) is 20.0. The Labute approximate surface area is 208 Å². The third-order valence-corrected chi connectivity index (χ3v) is 5.84. The molecule has 2 aromatic heterocycles. The van der Waals surface area contributed by atoms with Crippen LogP contribution in [-0.4, -0.2) is 70.6 Å². The number of carbonyl (C=O) groups excluding carboxylic acids is 1. The van der Waals surface area contributed by atoms with Gasteiger partial charge in [-0.15, -0.1) is 0 Å². The number of carbonyl (C=O) groups is 1. The predicted molar refractivity (Wildman–Crippen MR) is 138 cm³/mol. The van der Waals surface area contributed by atoms with Crippen LogP contribution in [0.25, 0.3) is 10.9 Å². The van der Waals surface area contributed by atoms with Gasteiger partial charge in [-0.2, -0.15) is 4.98 Å². The molecule has 1 saturated heterocycles. The highest BCUT2D eigenvalue weighted by atomic mass is 16.5. The van der Waals surface area contributed by atoms with Gasteiger partial charge < -0.3 is 29.6 Å². The van der Waals surface area contributed by atoms with Crippen molar-refractivity contribution in [1.82, 2.24) is 24.8 Å². The van der Waals surface area contributed by atoms with Crippen molar-refractivity contribution in [3.8, 4) is 17.4 Å². The molecule has 2 aromatic carbocycles. The maximum atomic E-state index is 12.2. The molecule has 1 aliphatic heterocycles. The molecule has 10 heteroatoms. The molecule has 10 nitrogen and oxygen atoms in total. The van der Waals surface area contributed by atoms with Gasteiger partial charge in [0, 0.05) is 31.9 Å². The van der Waals surface area contributed by atoms with Gasteiger partial charge in [0.05, 0.1) is 23.4 Å². The number of fused-ring (bicyclic) bond motifs is 1. The number of hydrogen-bond donors (Lipinski definition) is 2. The molecule has 4 aromatic rings. The van der Waals surface area contributed by atoms with Crippen LogP contribution in [0.4, 0.5) is 11.6 Å². The first-order valence-electron chi connectivity index (χ1n) is 11.7. The van der Waals surface area contributed by atoms with Crippen LogP contribution in [0.1, 0.15) is 10.5 Å². The largest absolute Gasteiger partial charge is 0.473 e. The van der Waals surface area contributed by atoms with E-state index in [1.165, 1.54) is 12.5 Å². The molecule has 0 unspecified atom stereocenters. The summed E-state index contributed by atoms with van der Waals surface area (Å²) in [5, 5.41) is 3.57. The molecular weight excluding hydrogens is 458 g/mol. The monoisotopic (exact) mass is 485 g/mol. The molecule has 5 rings (SSSR count). The fraction of sp³-hybridized carbons (Fsp3) is 0.231. The maximum absolute atomic E-state index is 12.2. The Morgan fingerprint density at radius 2 is 1.89 bits per heavy atom. The lowest BCUT2D eigenvalue weighted by Crippen LogP contribution is -2.45. The second kappa shape index (κ2) is 10.4. The molecule has 36 heavy (non-hydrogen) atoms. The van der Waals surface area contributed by atoms with E-state index in [0.29, 0.717) is 41.3 Å². The predicted octanol–water partition coefficient (Wildman–Crippen LogP) is 3.71. The Morgan fingerprint density at radius 3 is 2.61 bits per heavy atom. The van der Waals surface area contributed by atoms with Crippen molar-refractivity contribution in [2.45, 2.75) is 0 Å². The van der Waals surface area contributed by atoms with E-state index in [-0.39, 0.29) is 5.91 Å². The van der Waals surface area contributed by atoms with Crippen LogP contribution in [0, 0.1) is 0 Å². The first-order valence-corrected chi connectivity index (χ1v) is 11.7. The molecule has 0 bridgehead atoms. The second-order valence-corrected chi connectivity index (χ2v) is 8.44. The highest BCUT2D eigenvalue weighted by molar-refractivity contribution is 6.02. The zero-order chi connectivity index (χ0) is 24.9. The van der Waals surface area contributed by atoms with Gasteiger partial charge >= 0.3 is 0 Å². The summed E-state index contributed by atoms with van der Waals surface area (Å²) in [4.78, 5) is 32.8. The van der Waals surface area contributed by atoms with E-state index >= 15 is 0 Å².